The summed E-state index contributed by atoms with van der Waals surface area (Å²) in [7, 11) is 0. The Kier molecular flexibility index (Phi) is 7.18. The van der Waals surface area contributed by atoms with Crippen LogP contribution in [0.25, 0.3) is 0 Å². The predicted molar refractivity (Wildman–Crippen MR) is 75.6 cm³/mol. The van der Waals surface area contributed by atoms with Crippen molar-refractivity contribution in [2.75, 3.05) is 6.54 Å². The van der Waals surface area contributed by atoms with E-state index in [1.807, 2.05) is 0 Å². The summed E-state index contributed by atoms with van der Waals surface area (Å²) in [5, 5.41) is 0. The maximum atomic E-state index is 2.66. The molecule has 1 saturated heterocycles. The number of nitrogens with zero attached hydrogens (tertiary/aromatic N) is 1. The molecular formula is C14H30GaN. The van der Waals surface area contributed by atoms with Gasteiger partial charge in [0.1, 0.15) is 0 Å². The zero-order valence-corrected chi connectivity index (χ0v) is 14.3. The van der Waals surface area contributed by atoms with Crippen molar-refractivity contribution in [3.8, 4) is 0 Å². The van der Waals surface area contributed by atoms with Crippen LogP contribution in [0.5, 0.6) is 0 Å². The Morgan fingerprint density at radius 1 is 0.938 bits per heavy atom. The van der Waals surface area contributed by atoms with Gasteiger partial charge in [-0.15, -0.1) is 0 Å². The van der Waals surface area contributed by atoms with Gasteiger partial charge in [0, 0.05) is 0 Å². The zero-order chi connectivity index (χ0) is 12.0. The minimum absolute atomic E-state index is 0.721. The molecule has 0 bridgehead atoms. The Morgan fingerprint density at radius 2 is 1.50 bits per heavy atom. The SMILES string of the molecule is CC(C)N(CC[CH2][Ga]1[CH2]CCC[CH2]1)C(C)C. The summed E-state index contributed by atoms with van der Waals surface area (Å²) in [6, 6.07) is 1.44. The molecule has 16 heavy (non-hydrogen) atoms. The van der Waals surface area contributed by atoms with Crippen LogP contribution in [0.1, 0.15) is 53.4 Å². The van der Waals surface area contributed by atoms with E-state index in [1.54, 1.807) is 27.8 Å². The Balaban J connectivity index is 2.16. The second-order valence-electron chi connectivity index (χ2n) is 6.07. The van der Waals surface area contributed by atoms with Crippen molar-refractivity contribution in [3.05, 3.63) is 0 Å². The molecule has 1 heterocycles. The van der Waals surface area contributed by atoms with Gasteiger partial charge in [0.25, 0.3) is 0 Å². The van der Waals surface area contributed by atoms with Gasteiger partial charge in [-0.05, 0) is 0 Å². The van der Waals surface area contributed by atoms with Gasteiger partial charge in [0.05, 0.1) is 0 Å². The van der Waals surface area contributed by atoms with Crippen LogP contribution in [0.15, 0.2) is 0 Å². The fraction of sp³-hybridized carbons (Fsp3) is 1.00. The first-order valence-corrected chi connectivity index (χ1v) is 12.5. The standard InChI is InChI=1S/C9H20N.C5H10.Ga/c1-6-7-10(8(2)3)9(4)5;1-3-5-4-2;/h8-9H,1,6-7H2,2-5H3;1-5H2;. The molecule has 0 aliphatic carbocycles. The average molecular weight is 282 g/mol. The Morgan fingerprint density at radius 3 is 2.00 bits per heavy atom. The summed E-state index contributed by atoms with van der Waals surface area (Å²) >= 11 is -0.738. The molecule has 94 valence electrons. The van der Waals surface area contributed by atoms with Crippen LogP contribution in [-0.2, 0) is 0 Å². The molecule has 1 nitrogen and oxygen atoms in total. The molecule has 1 aliphatic heterocycles. The van der Waals surface area contributed by atoms with E-state index in [1.165, 1.54) is 19.4 Å². The van der Waals surface area contributed by atoms with Gasteiger partial charge in [-0.25, -0.2) is 0 Å². The molecule has 1 aliphatic rings. The summed E-state index contributed by atoms with van der Waals surface area (Å²) in [5.74, 6) is 0. The minimum atomic E-state index is -0.738. The zero-order valence-electron chi connectivity index (χ0n) is 11.8. The molecule has 0 aromatic heterocycles. The Labute approximate surface area is 108 Å². The first-order chi connectivity index (χ1) is 7.61. The van der Waals surface area contributed by atoms with E-state index in [2.05, 4.69) is 32.6 Å². The van der Waals surface area contributed by atoms with Crippen LogP contribution in [0.3, 0.4) is 0 Å². The molecular weight excluding hydrogens is 252 g/mol. The molecule has 1 rings (SSSR count). The summed E-state index contributed by atoms with van der Waals surface area (Å²) in [6.07, 6.45) is 6.17. The molecule has 0 atom stereocenters. The van der Waals surface area contributed by atoms with Crippen molar-refractivity contribution in [2.24, 2.45) is 0 Å². The summed E-state index contributed by atoms with van der Waals surface area (Å²) < 4.78 is 0. The van der Waals surface area contributed by atoms with Crippen LogP contribution in [-0.4, -0.2) is 39.7 Å². The second-order valence-corrected chi connectivity index (χ2v) is 13.3. The molecule has 1 fully saturated rings. The second kappa shape index (κ2) is 7.83. The first-order valence-electron chi connectivity index (χ1n) is 7.37. The number of rotatable bonds is 6. The van der Waals surface area contributed by atoms with Gasteiger partial charge in [-0.1, -0.05) is 0 Å². The summed E-state index contributed by atoms with van der Waals surface area (Å²) in [5.41, 5.74) is 0. The van der Waals surface area contributed by atoms with Crippen molar-refractivity contribution in [3.63, 3.8) is 0 Å². The van der Waals surface area contributed by atoms with Crippen molar-refractivity contribution in [2.45, 2.75) is 80.4 Å². The molecule has 0 radical (unpaired) electrons. The van der Waals surface area contributed by atoms with Crippen molar-refractivity contribution < 1.29 is 0 Å². The fourth-order valence-corrected chi connectivity index (χ4v) is 10.2. The topological polar surface area (TPSA) is 3.24 Å². The Hall–Kier alpha value is 0.596. The molecule has 0 aromatic carbocycles. The predicted octanol–water partition coefficient (Wildman–Crippen LogP) is 4.17. The van der Waals surface area contributed by atoms with Gasteiger partial charge < -0.3 is 0 Å². The van der Waals surface area contributed by atoms with Gasteiger partial charge >= 0.3 is 108 Å². The van der Waals surface area contributed by atoms with Gasteiger partial charge in [-0.3, -0.25) is 0 Å². The van der Waals surface area contributed by atoms with E-state index in [9.17, 15) is 0 Å². The molecule has 0 amide bonds. The first kappa shape index (κ1) is 14.7. The van der Waals surface area contributed by atoms with E-state index in [0.29, 0.717) is 0 Å². The monoisotopic (exact) mass is 281 g/mol. The van der Waals surface area contributed by atoms with E-state index < -0.39 is 16.2 Å². The third-order valence-electron chi connectivity index (χ3n) is 4.08. The Bertz CT molecular complexity index is 166. The molecule has 0 N–H and O–H groups in total. The molecule has 2 heteroatoms. The van der Waals surface area contributed by atoms with Crippen LogP contribution in [0, 0.1) is 0 Å². The maximum absolute atomic E-state index is 2.66. The van der Waals surface area contributed by atoms with Gasteiger partial charge in [0.2, 0.25) is 0 Å². The van der Waals surface area contributed by atoms with E-state index in [0.717, 1.165) is 12.1 Å². The van der Waals surface area contributed by atoms with E-state index >= 15 is 0 Å². The quantitative estimate of drug-likeness (QED) is 0.661. The van der Waals surface area contributed by atoms with Crippen LogP contribution in [0.4, 0.5) is 0 Å². The van der Waals surface area contributed by atoms with Crippen LogP contribution >= 0.6 is 0 Å². The number of hydrogen-bond acceptors (Lipinski definition) is 1. The van der Waals surface area contributed by atoms with Gasteiger partial charge in [0.15, 0.2) is 0 Å². The molecule has 0 unspecified atom stereocenters. The van der Waals surface area contributed by atoms with E-state index in [-0.39, 0.29) is 0 Å². The third kappa shape index (κ3) is 5.28. The number of hydrogen-bond donors (Lipinski definition) is 0. The van der Waals surface area contributed by atoms with Crippen LogP contribution in [0.2, 0.25) is 14.9 Å². The van der Waals surface area contributed by atoms with Crippen LogP contribution < -0.4 is 0 Å². The third-order valence-corrected chi connectivity index (χ3v) is 11.8. The summed E-state index contributed by atoms with van der Waals surface area (Å²) in [4.78, 5) is 7.70. The average Bonchev–Trinajstić information content (AvgIpc) is 2.24. The van der Waals surface area contributed by atoms with Crippen molar-refractivity contribution in [1.82, 2.24) is 4.90 Å². The fourth-order valence-electron chi connectivity index (χ4n) is 3.15. The molecule has 0 saturated carbocycles. The van der Waals surface area contributed by atoms with E-state index in [4.69, 9.17) is 0 Å². The van der Waals surface area contributed by atoms with Crippen molar-refractivity contribution in [1.29, 1.82) is 0 Å². The normalized spacial score (nSPS) is 17.8. The van der Waals surface area contributed by atoms with Gasteiger partial charge in [-0.2, -0.15) is 0 Å². The van der Waals surface area contributed by atoms with Crippen molar-refractivity contribution >= 4 is 16.2 Å². The summed E-state index contributed by atoms with van der Waals surface area (Å²) in [6.45, 7) is 10.7. The molecule has 0 aromatic rings. The molecule has 0 spiro atoms.